The van der Waals surface area contributed by atoms with Gasteiger partial charge in [-0.1, -0.05) is 31.2 Å². The smallest absolute Gasteiger partial charge is 0.216 e. The number of hydrogen-bond donors (Lipinski definition) is 2. The lowest BCUT2D eigenvalue weighted by molar-refractivity contribution is 0.266. The number of sulfonamides is 1. The molecule has 28 heavy (non-hydrogen) atoms. The van der Waals surface area contributed by atoms with Gasteiger partial charge < -0.3 is 10.2 Å². The van der Waals surface area contributed by atoms with Gasteiger partial charge in [0.2, 0.25) is 10.0 Å². The van der Waals surface area contributed by atoms with Crippen molar-refractivity contribution in [3.63, 3.8) is 0 Å². The lowest BCUT2D eigenvalue weighted by Gasteiger charge is -2.33. The van der Waals surface area contributed by atoms with Crippen molar-refractivity contribution in [2.75, 3.05) is 19.6 Å². The third-order valence-corrected chi connectivity index (χ3v) is 6.04. The maximum atomic E-state index is 12.0. The number of hydrogen-bond acceptors (Lipinski definition) is 3. The van der Waals surface area contributed by atoms with Crippen molar-refractivity contribution in [3.05, 3.63) is 35.4 Å². The molecule has 1 atom stereocenters. The van der Waals surface area contributed by atoms with Crippen LogP contribution in [0.2, 0.25) is 0 Å². The summed E-state index contributed by atoms with van der Waals surface area (Å²) in [5, 5.41) is 3.39. The van der Waals surface area contributed by atoms with Gasteiger partial charge in [-0.05, 0) is 50.7 Å². The maximum Gasteiger partial charge on any atom is 0.216 e. The minimum atomic E-state index is -3.29. The molecule has 6 nitrogen and oxygen atoms in total. The average molecular weight is 522 g/mol. The fourth-order valence-corrected chi connectivity index (χ4v) is 4.77. The van der Waals surface area contributed by atoms with Crippen LogP contribution in [0.25, 0.3) is 0 Å². The molecule has 1 aromatic carbocycles. The first-order valence-electron chi connectivity index (χ1n) is 9.90. The largest absolute Gasteiger partial charge is 0.357 e. The number of piperidine rings is 1. The van der Waals surface area contributed by atoms with Crippen molar-refractivity contribution in [1.29, 1.82) is 0 Å². The lowest BCUT2D eigenvalue weighted by atomic mass is 10.0. The first-order chi connectivity index (χ1) is 12.8. The molecule has 1 fully saturated rings. The fourth-order valence-electron chi connectivity index (χ4n) is 3.33. The zero-order valence-electron chi connectivity index (χ0n) is 17.4. The third-order valence-electron chi connectivity index (χ3n) is 4.50. The Morgan fingerprint density at radius 3 is 2.46 bits per heavy atom. The Balaban J connectivity index is 0.00000392. The number of likely N-dealkylation sites (tertiary alicyclic amines) is 1. The van der Waals surface area contributed by atoms with Crippen LogP contribution in [-0.4, -0.2) is 45.0 Å². The molecule has 0 radical (unpaired) electrons. The van der Waals surface area contributed by atoms with Crippen LogP contribution in [0.15, 0.2) is 29.3 Å². The predicted octanol–water partition coefficient (Wildman–Crippen LogP) is 3.33. The molecule has 1 aromatic rings. The van der Waals surface area contributed by atoms with E-state index < -0.39 is 10.0 Å². The molecule has 8 heteroatoms. The summed E-state index contributed by atoms with van der Waals surface area (Å²) in [6, 6.07) is 7.59. The first-order valence-corrected chi connectivity index (χ1v) is 11.6. The first kappa shape index (κ1) is 25.2. The van der Waals surface area contributed by atoms with Crippen molar-refractivity contribution in [2.45, 2.75) is 58.9 Å². The van der Waals surface area contributed by atoms with Gasteiger partial charge >= 0.3 is 0 Å². The van der Waals surface area contributed by atoms with Crippen LogP contribution in [0, 0.1) is 5.92 Å². The van der Waals surface area contributed by atoms with Crippen LogP contribution in [0.4, 0.5) is 0 Å². The molecule has 1 heterocycles. The van der Waals surface area contributed by atoms with Crippen molar-refractivity contribution in [2.24, 2.45) is 10.9 Å². The summed E-state index contributed by atoms with van der Waals surface area (Å²) >= 11 is 0. The van der Waals surface area contributed by atoms with Gasteiger partial charge in [-0.2, -0.15) is 0 Å². The van der Waals surface area contributed by atoms with Crippen LogP contribution in [-0.2, 0) is 22.3 Å². The van der Waals surface area contributed by atoms with Gasteiger partial charge in [-0.3, -0.25) is 0 Å². The summed E-state index contributed by atoms with van der Waals surface area (Å²) in [7, 11) is -3.29. The Hall–Kier alpha value is -0.870. The molecule has 0 aromatic heterocycles. The van der Waals surface area contributed by atoms with Gasteiger partial charge in [0.25, 0.3) is 0 Å². The van der Waals surface area contributed by atoms with E-state index in [1.165, 1.54) is 12.8 Å². The van der Waals surface area contributed by atoms with Crippen molar-refractivity contribution < 1.29 is 8.42 Å². The number of guanidine groups is 1. The summed E-state index contributed by atoms with van der Waals surface area (Å²) < 4.78 is 26.7. The van der Waals surface area contributed by atoms with E-state index in [-0.39, 0.29) is 35.8 Å². The van der Waals surface area contributed by atoms with E-state index in [4.69, 9.17) is 4.99 Å². The minimum absolute atomic E-state index is 0. The molecule has 1 saturated heterocycles. The number of aliphatic imine (C=N–C) groups is 1. The Morgan fingerprint density at radius 1 is 1.25 bits per heavy atom. The van der Waals surface area contributed by atoms with Gasteiger partial charge in [-0.15, -0.1) is 24.0 Å². The summed E-state index contributed by atoms with van der Waals surface area (Å²) in [6.45, 7) is 11.6. The van der Waals surface area contributed by atoms with Crippen LogP contribution in [0.5, 0.6) is 0 Å². The highest BCUT2D eigenvalue weighted by molar-refractivity contribution is 14.0. The molecule has 2 N–H and O–H groups in total. The van der Waals surface area contributed by atoms with E-state index in [1.54, 1.807) is 0 Å². The summed E-state index contributed by atoms with van der Waals surface area (Å²) in [4.78, 5) is 7.13. The molecule has 0 spiro atoms. The van der Waals surface area contributed by atoms with Crippen LogP contribution < -0.4 is 10.0 Å². The molecule has 1 unspecified atom stereocenters. The van der Waals surface area contributed by atoms with Crippen LogP contribution in [0.1, 0.15) is 51.7 Å². The topological polar surface area (TPSA) is 73.8 Å². The molecule has 1 aliphatic heterocycles. The number of halogens is 1. The third kappa shape index (κ3) is 8.65. The van der Waals surface area contributed by atoms with Crippen LogP contribution in [0.3, 0.4) is 0 Å². The molecular formula is C20H35IN4O2S. The van der Waals surface area contributed by atoms with Crippen LogP contribution >= 0.6 is 24.0 Å². The Bertz CT molecular complexity index is 720. The molecule has 0 saturated carbocycles. The predicted molar refractivity (Wildman–Crippen MR) is 128 cm³/mol. The van der Waals surface area contributed by atoms with E-state index in [9.17, 15) is 8.42 Å². The molecule has 0 amide bonds. The summed E-state index contributed by atoms with van der Waals surface area (Å²) in [6.07, 6.45) is 2.49. The van der Waals surface area contributed by atoms with E-state index in [0.29, 0.717) is 12.5 Å². The highest BCUT2D eigenvalue weighted by Gasteiger charge is 2.19. The molecule has 2 rings (SSSR count). The molecule has 160 valence electrons. The van der Waals surface area contributed by atoms with Gasteiger partial charge in [0.1, 0.15) is 0 Å². The Morgan fingerprint density at radius 2 is 1.89 bits per heavy atom. The normalized spacial score (nSPS) is 18.1. The zero-order chi connectivity index (χ0) is 19.9. The van der Waals surface area contributed by atoms with Crippen molar-refractivity contribution in [3.8, 4) is 0 Å². The van der Waals surface area contributed by atoms with Crippen molar-refractivity contribution >= 4 is 40.0 Å². The quantitative estimate of drug-likeness (QED) is 0.328. The van der Waals surface area contributed by atoms with Gasteiger partial charge in [0.15, 0.2) is 5.96 Å². The minimum Gasteiger partial charge on any atom is -0.357 e. The second-order valence-electron chi connectivity index (χ2n) is 7.71. The van der Waals surface area contributed by atoms with E-state index in [2.05, 4.69) is 28.8 Å². The van der Waals surface area contributed by atoms with Gasteiger partial charge in [0, 0.05) is 25.7 Å². The van der Waals surface area contributed by atoms with E-state index in [1.807, 2.05) is 38.1 Å². The Kier molecular flexibility index (Phi) is 10.8. The molecule has 0 bridgehead atoms. The van der Waals surface area contributed by atoms with Gasteiger partial charge in [-0.25, -0.2) is 18.1 Å². The van der Waals surface area contributed by atoms with E-state index >= 15 is 0 Å². The highest BCUT2D eigenvalue weighted by atomic mass is 127. The molecule has 1 aliphatic rings. The number of rotatable bonds is 7. The Labute approximate surface area is 187 Å². The number of benzene rings is 1. The molecular weight excluding hydrogens is 487 g/mol. The SMILES string of the molecule is CCNC(=NCc1ccc(CS(=O)(=O)NC(C)C)cc1)N1CCCC(C)C1.I. The zero-order valence-corrected chi connectivity index (χ0v) is 20.6. The fraction of sp³-hybridized carbons (Fsp3) is 0.650. The second kappa shape index (κ2) is 12.0. The summed E-state index contributed by atoms with van der Waals surface area (Å²) in [5.41, 5.74) is 1.86. The monoisotopic (exact) mass is 522 g/mol. The lowest BCUT2D eigenvalue weighted by Crippen LogP contribution is -2.46. The standard InChI is InChI=1S/C20H34N4O2S.HI/c1-5-21-20(24-12-6-7-17(4)14-24)22-13-18-8-10-19(11-9-18)15-27(25,26)23-16(2)3;/h8-11,16-17,23H,5-7,12-15H2,1-4H3,(H,21,22);1H. The number of nitrogens with zero attached hydrogens (tertiary/aromatic N) is 2. The van der Waals surface area contributed by atoms with E-state index in [0.717, 1.165) is 36.7 Å². The van der Waals surface area contributed by atoms with Gasteiger partial charge in [0.05, 0.1) is 12.3 Å². The number of nitrogens with one attached hydrogen (secondary N) is 2. The highest BCUT2D eigenvalue weighted by Crippen LogP contribution is 2.16. The summed E-state index contributed by atoms with van der Waals surface area (Å²) in [5.74, 6) is 1.67. The maximum absolute atomic E-state index is 12.0. The second-order valence-corrected chi connectivity index (χ2v) is 9.47. The average Bonchev–Trinajstić information content (AvgIpc) is 2.58. The molecule has 0 aliphatic carbocycles. The van der Waals surface area contributed by atoms with Crippen molar-refractivity contribution in [1.82, 2.24) is 14.9 Å².